The fourth-order valence-corrected chi connectivity index (χ4v) is 3.70. The van der Waals surface area contributed by atoms with Gasteiger partial charge in [-0.2, -0.15) is 0 Å². The average Bonchev–Trinajstić information content (AvgIpc) is 2.57. The molecule has 0 saturated heterocycles. The third-order valence-corrected chi connectivity index (χ3v) is 5.11. The zero-order chi connectivity index (χ0) is 18.0. The quantitative estimate of drug-likeness (QED) is 0.716. The Kier molecular flexibility index (Phi) is 4.90. The number of aromatic nitrogens is 2. The summed E-state index contributed by atoms with van der Waals surface area (Å²) in [6, 6.07) is 13.4. The van der Waals surface area contributed by atoms with Gasteiger partial charge in [0.15, 0.2) is 0 Å². The molecule has 1 amide bonds. The Morgan fingerprint density at radius 2 is 1.96 bits per heavy atom. The molecule has 25 heavy (non-hydrogen) atoms. The van der Waals surface area contributed by atoms with Crippen LogP contribution in [0, 0.1) is 13.8 Å². The minimum absolute atomic E-state index is 0.167. The first-order valence-corrected chi connectivity index (χ1v) is 8.91. The van der Waals surface area contributed by atoms with Crippen molar-refractivity contribution in [2.75, 3.05) is 0 Å². The molecule has 2 aromatic carbocycles. The molecule has 6 heteroatoms. The molecule has 0 aliphatic rings. The van der Waals surface area contributed by atoms with Gasteiger partial charge in [-0.25, -0.2) is 4.98 Å². The van der Waals surface area contributed by atoms with E-state index in [1.54, 1.807) is 30.0 Å². The summed E-state index contributed by atoms with van der Waals surface area (Å²) in [5.41, 5.74) is 8.10. The maximum atomic E-state index is 12.7. The van der Waals surface area contributed by atoms with E-state index in [1.165, 1.54) is 15.7 Å². The lowest BCUT2D eigenvalue weighted by molar-refractivity contribution is -0.118. The van der Waals surface area contributed by atoms with E-state index in [0.29, 0.717) is 22.5 Å². The largest absolute Gasteiger partial charge is 0.368 e. The number of aryl methyl sites for hydroxylation is 2. The lowest BCUT2D eigenvalue weighted by Gasteiger charge is -2.13. The first-order valence-electron chi connectivity index (χ1n) is 7.92. The minimum atomic E-state index is -0.558. The van der Waals surface area contributed by atoms with Crippen molar-refractivity contribution in [2.45, 2.75) is 31.0 Å². The van der Waals surface area contributed by atoms with Gasteiger partial charge in [0.05, 0.1) is 16.7 Å². The highest BCUT2D eigenvalue weighted by Gasteiger charge is 2.13. The van der Waals surface area contributed by atoms with Crippen LogP contribution in [0.2, 0.25) is 0 Å². The van der Waals surface area contributed by atoms with Crippen molar-refractivity contribution in [1.82, 2.24) is 9.55 Å². The summed E-state index contributed by atoms with van der Waals surface area (Å²) in [4.78, 5) is 29.8. The van der Waals surface area contributed by atoms with Crippen molar-refractivity contribution in [1.29, 1.82) is 0 Å². The van der Waals surface area contributed by atoms with Crippen molar-refractivity contribution in [3.63, 3.8) is 0 Å². The number of rotatable bonds is 5. The second kappa shape index (κ2) is 7.11. The number of primary amides is 1. The first kappa shape index (κ1) is 17.2. The smallest absolute Gasteiger partial charge is 0.261 e. The monoisotopic (exact) mass is 353 g/mol. The Hall–Kier alpha value is -2.60. The minimum Gasteiger partial charge on any atom is -0.368 e. The Morgan fingerprint density at radius 3 is 2.68 bits per heavy atom. The lowest BCUT2D eigenvalue weighted by atomic mass is 10.2. The maximum Gasteiger partial charge on any atom is 0.261 e. The number of carbonyl (C=O) groups excluding carboxylic acids is 1. The number of carbonyl (C=O) groups is 1. The fourth-order valence-electron chi connectivity index (χ4n) is 2.75. The van der Waals surface area contributed by atoms with Gasteiger partial charge >= 0.3 is 0 Å². The van der Waals surface area contributed by atoms with Crippen LogP contribution in [-0.4, -0.2) is 15.5 Å². The second-order valence-corrected chi connectivity index (χ2v) is 6.98. The van der Waals surface area contributed by atoms with E-state index in [9.17, 15) is 9.59 Å². The van der Waals surface area contributed by atoms with E-state index >= 15 is 0 Å². The molecule has 0 radical (unpaired) electrons. The van der Waals surface area contributed by atoms with E-state index < -0.39 is 5.91 Å². The molecule has 3 rings (SSSR count). The van der Waals surface area contributed by atoms with Crippen molar-refractivity contribution in [3.8, 4) is 0 Å². The summed E-state index contributed by atoms with van der Waals surface area (Å²) in [6.45, 7) is 3.94. The molecule has 0 saturated carbocycles. The van der Waals surface area contributed by atoms with Crippen LogP contribution in [0.1, 0.15) is 17.0 Å². The van der Waals surface area contributed by atoms with Crippen molar-refractivity contribution in [2.24, 2.45) is 5.73 Å². The van der Waals surface area contributed by atoms with Gasteiger partial charge in [0.1, 0.15) is 12.4 Å². The third-order valence-electron chi connectivity index (χ3n) is 3.94. The number of amides is 1. The normalized spacial score (nSPS) is 11.0. The predicted octanol–water partition coefficient (Wildman–Crippen LogP) is 2.79. The summed E-state index contributed by atoms with van der Waals surface area (Å²) in [5, 5.41) is 0.490. The van der Waals surface area contributed by atoms with Gasteiger partial charge in [0.2, 0.25) is 5.91 Å². The molecule has 0 unspecified atom stereocenters. The molecule has 0 spiro atoms. The maximum absolute atomic E-state index is 12.7. The van der Waals surface area contributed by atoms with Crippen LogP contribution in [0.25, 0.3) is 10.9 Å². The second-order valence-electron chi connectivity index (χ2n) is 5.96. The fraction of sp³-hybridized carbons (Fsp3) is 0.211. The molecule has 1 aromatic heterocycles. The van der Waals surface area contributed by atoms with Crippen LogP contribution in [0.15, 0.2) is 52.2 Å². The molecule has 3 aromatic rings. The number of fused-ring (bicyclic) bond motifs is 1. The van der Waals surface area contributed by atoms with Crippen molar-refractivity contribution >= 4 is 28.6 Å². The van der Waals surface area contributed by atoms with Crippen LogP contribution in [0.4, 0.5) is 0 Å². The van der Waals surface area contributed by atoms with Gasteiger partial charge in [-0.1, -0.05) is 29.8 Å². The van der Waals surface area contributed by atoms with Crippen molar-refractivity contribution < 1.29 is 4.79 Å². The van der Waals surface area contributed by atoms with E-state index in [2.05, 4.69) is 37.0 Å². The summed E-state index contributed by atoms with van der Waals surface area (Å²) in [5.74, 6) is 0.474. The Labute approximate surface area is 149 Å². The Balaban J connectivity index is 2.01. The molecule has 0 atom stereocenters. The highest BCUT2D eigenvalue weighted by Crippen LogP contribution is 2.26. The molecular formula is C19H19N3O2S. The van der Waals surface area contributed by atoms with Crippen molar-refractivity contribution in [3.05, 3.63) is 69.8 Å². The van der Waals surface area contributed by atoms with Crippen LogP contribution >= 0.6 is 11.8 Å². The zero-order valence-corrected chi connectivity index (χ0v) is 15.0. The highest BCUT2D eigenvalue weighted by atomic mass is 32.2. The Bertz CT molecular complexity index is 1010. The number of hydrogen-bond donors (Lipinski definition) is 1. The van der Waals surface area contributed by atoms with Gasteiger partial charge in [-0.05, 0) is 37.6 Å². The molecule has 0 aliphatic carbocycles. The molecular weight excluding hydrogens is 334 g/mol. The summed E-state index contributed by atoms with van der Waals surface area (Å²) in [6.07, 6.45) is 0. The average molecular weight is 353 g/mol. The molecule has 128 valence electrons. The van der Waals surface area contributed by atoms with E-state index in [1.807, 2.05) is 6.07 Å². The number of hydrogen-bond acceptors (Lipinski definition) is 4. The van der Waals surface area contributed by atoms with E-state index in [-0.39, 0.29) is 12.1 Å². The predicted molar refractivity (Wildman–Crippen MR) is 101 cm³/mol. The molecule has 0 bridgehead atoms. The van der Waals surface area contributed by atoms with Gasteiger partial charge in [-0.3, -0.25) is 14.2 Å². The molecule has 1 heterocycles. The molecule has 0 fully saturated rings. The van der Waals surface area contributed by atoms with E-state index in [4.69, 9.17) is 5.73 Å². The molecule has 2 N–H and O–H groups in total. The van der Waals surface area contributed by atoms with Gasteiger partial charge in [-0.15, -0.1) is 11.8 Å². The number of nitrogens with zero attached hydrogens (tertiary/aromatic N) is 2. The number of benzene rings is 2. The first-order chi connectivity index (χ1) is 12.0. The highest BCUT2D eigenvalue weighted by molar-refractivity contribution is 7.98. The number of para-hydroxylation sites is 1. The van der Waals surface area contributed by atoms with Crippen LogP contribution in [0.3, 0.4) is 0 Å². The van der Waals surface area contributed by atoms with Crippen LogP contribution in [-0.2, 0) is 17.1 Å². The zero-order valence-electron chi connectivity index (χ0n) is 14.2. The van der Waals surface area contributed by atoms with Crippen LogP contribution < -0.4 is 11.3 Å². The number of nitrogens with two attached hydrogens (primary N) is 1. The standard InChI is InChI=1S/C19H19N3O2S/c1-12-7-8-16(13(2)9-12)25-11-18-21-15-6-4-3-5-14(15)19(24)22(18)10-17(20)23/h3-9H,10-11H2,1-2H3,(H2,20,23). The number of thioether (sulfide) groups is 1. The van der Waals surface area contributed by atoms with Gasteiger partial charge < -0.3 is 5.73 Å². The molecule has 0 aliphatic heterocycles. The summed E-state index contributed by atoms with van der Waals surface area (Å²) in [7, 11) is 0. The summed E-state index contributed by atoms with van der Waals surface area (Å²) < 4.78 is 1.38. The third kappa shape index (κ3) is 3.74. The topological polar surface area (TPSA) is 78.0 Å². The lowest BCUT2D eigenvalue weighted by Crippen LogP contribution is -2.31. The molecule has 5 nitrogen and oxygen atoms in total. The van der Waals surface area contributed by atoms with Gasteiger partial charge in [0, 0.05) is 4.90 Å². The Morgan fingerprint density at radius 1 is 1.20 bits per heavy atom. The van der Waals surface area contributed by atoms with E-state index in [0.717, 1.165) is 4.90 Å². The van der Waals surface area contributed by atoms with Crippen LogP contribution in [0.5, 0.6) is 0 Å². The van der Waals surface area contributed by atoms with Gasteiger partial charge in [0.25, 0.3) is 5.56 Å². The summed E-state index contributed by atoms with van der Waals surface area (Å²) >= 11 is 1.59. The SMILES string of the molecule is Cc1ccc(SCc2nc3ccccc3c(=O)n2CC(N)=O)c(C)c1.